The molecule has 0 aromatic heterocycles. The molecule has 0 bridgehead atoms. The summed E-state index contributed by atoms with van der Waals surface area (Å²) in [6, 6.07) is 0. The van der Waals surface area contributed by atoms with Crippen LogP contribution in [-0.2, 0) is 4.79 Å². The van der Waals surface area contributed by atoms with Gasteiger partial charge < -0.3 is 17.8 Å². The summed E-state index contributed by atoms with van der Waals surface area (Å²) in [5.41, 5.74) is 0. The predicted octanol–water partition coefficient (Wildman–Crippen LogP) is -1.68. The zero-order valence-electron chi connectivity index (χ0n) is 7.48. The van der Waals surface area contributed by atoms with E-state index in [4.69, 9.17) is 0 Å². The number of amides is 1. The third-order valence-corrected chi connectivity index (χ3v) is 1.18. The molecule has 0 heterocycles. The Morgan fingerprint density at radius 2 is 1.75 bits per heavy atom. The molecule has 0 unspecified atom stereocenters. The molecular formula is C5H10BF3KNO. The third kappa shape index (κ3) is 9.05. The zero-order chi connectivity index (χ0) is 9.07. The average molecular weight is 207 g/mol. The van der Waals surface area contributed by atoms with E-state index in [0.29, 0.717) is 0 Å². The van der Waals surface area contributed by atoms with Gasteiger partial charge in [0.2, 0.25) is 5.91 Å². The van der Waals surface area contributed by atoms with Gasteiger partial charge in [-0.05, 0) is 0 Å². The van der Waals surface area contributed by atoms with E-state index in [-0.39, 0.29) is 51.4 Å². The maximum absolute atomic E-state index is 11.6. The summed E-state index contributed by atoms with van der Waals surface area (Å²) in [5.74, 6) is -0.482. The third-order valence-electron chi connectivity index (χ3n) is 1.18. The molecule has 2 nitrogen and oxygen atoms in total. The van der Waals surface area contributed by atoms with Gasteiger partial charge in [-0.15, -0.1) is 0 Å². The summed E-state index contributed by atoms with van der Waals surface area (Å²) in [4.78, 5) is 11.8. The van der Waals surface area contributed by atoms with Gasteiger partial charge in [0.1, 0.15) is 0 Å². The van der Waals surface area contributed by atoms with Crippen LogP contribution in [0.1, 0.15) is 6.42 Å². The van der Waals surface area contributed by atoms with Crippen LogP contribution in [0.15, 0.2) is 0 Å². The van der Waals surface area contributed by atoms with Gasteiger partial charge in [-0.1, -0.05) is 6.32 Å². The summed E-state index contributed by atoms with van der Waals surface area (Å²) in [6.07, 6.45) is -1.41. The van der Waals surface area contributed by atoms with Crippen molar-refractivity contribution in [3.63, 3.8) is 0 Å². The molecule has 0 aliphatic carbocycles. The van der Waals surface area contributed by atoms with E-state index in [0.717, 1.165) is 4.90 Å². The van der Waals surface area contributed by atoms with Crippen LogP contribution in [0, 0.1) is 0 Å². The summed E-state index contributed by atoms with van der Waals surface area (Å²) in [7, 11) is 2.87. The SMILES string of the molecule is CN(C)C(=O)CC[B-](F)(F)F.[K+]. The van der Waals surface area contributed by atoms with E-state index in [1.165, 1.54) is 14.1 Å². The Morgan fingerprint density at radius 1 is 1.33 bits per heavy atom. The molecule has 0 aromatic carbocycles. The normalized spacial score (nSPS) is 10.4. The molecule has 0 aromatic rings. The first-order chi connectivity index (χ1) is 4.83. The molecule has 0 aliphatic heterocycles. The fourth-order valence-corrected chi connectivity index (χ4v) is 0.511. The van der Waals surface area contributed by atoms with E-state index >= 15 is 0 Å². The first-order valence-electron chi connectivity index (χ1n) is 3.24. The Hall–Kier alpha value is 0.961. The van der Waals surface area contributed by atoms with Gasteiger partial charge in [0, 0.05) is 20.5 Å². The van der Waals surface area contributed by atoms with Crippen molar-refractivity contribution in [3.8, 4) is 0 Å². The van der Waals surface area contributed by atoms with Crippen LogP contribution in [0.5, 0.6) is 0 Å². The standard InChI is InChI=1S/C5H10BF3NO.K/c1-10(2)5(11)3-4-6(7,8)9;/h3-4H2,1-2H3;/q-1;+1. The minimum Gasteiger partial charge on any atom is -0.449 e. The molecular weight excluding hydrogens is 197 g/mol. The van der Waals surface area contributed by atoms with E-state index in [1.807, 2.05) is 0 Å². The van der Waals surface area contributed by atoms with E-state index in [2.05, 4.69) is 0 Å². The molecule has 7 heteroatoms. The van der Waals surface area contributed by atoms with E-state index < -0.39 is 25.6 Å². The summed E-state index contributed by atoms with van der Waals surface area (Å²) < 4.78 is 34.7. The monoisotopic (exact) mass is 207 g/mol. The molecule has 66 valence electrons. The van der Waals surface area contributed by atoms with Gasteiger partial charge in [-0.3, -0.25) is 4.79 Å². The Balaban J connectivity index is 0. The van der Waals surface area contributed by atoms with Crippen LogP contribution in [0.4, 0.5) is 12.9 Å². The van der Waals surface area contributed by atoms with Gasteiger partial charge in [-0.2, -0.15) is 0 Å². The number of carbonyl (C=O) groups is 1. The average Bonchev–Trinajstić information content (AvgIpc) is 1.80. The predicted molar refractivity (Wildman–Crippen MR) is 37.2 cm³/mol. The van der Waals surface area contributed by atoms with Gasteiger partial charge >= 0.3 is 58.4 Å². The number of hydrogen-bond acceptors (Lipinski definition) is 1. The second kappa shape index (κ2) is 6.42. The molecule has 0 N–H and O–H groups in total. The van der Waals surface area contributed by atoms with Crippen molar-refractivity contribution in [2.24, 2.45) is 0 Å². The second-order valence-corrected chi connectivity index (χ2v) is 2.54. The van der Waals surface area contributed by atoms with Crippen molar-refractivity contribution in [2.45, 2.75) is 12.7 Å². The van der Waals surface area contributed by atoms with Crippen LogP contribution in [-0.4, -0.2) is 31.9 Å². The Kier molecular flexibility index (Phi) is 8.26. The number of rotatable bonds is 3. The van der Waals surface area contributed by atoms with Gasteiger partial charge in [0.25, 0.3) is 0 Å². The maximum Gasteiger partial charge on any atom is 1.00 e. The van der Waals surface area contributed by atoms with Gasteiger partial charge in [-0.25, -0.2) is 0 Å². The Labute approximate surface area is 112 Å². The van der Waals surface area contributed by atoms with Gasteiger partial charge in [0.05, 0.1) is 0 Å². The second-order valence-electron chi connectivity index (χ2n) is 2.54. The zero-order valence-corrected chi connectivity index (χ0v) is 10.6. The van der Waals surface area contributed by atoms with E-state index in [1.54, 1.807) is 0 Å². The minimum atomic E-state index is -4.81. The maximum atomic E-state index is 11.6. The van der Waals surface area contributed by atoms with Crippen LogP contribution >= 0.6 is 0 Å². The molecule has 0 rings (SSSR count). The summed E-state index contributed by atoms with van der Waals surface area (Å²) in [5, 5.41) is 0. The molecule has 0 aliphatic rings. The number of nitrogens with zero attached hydrogens (tertiary/aromatic N) is 1. The van der Waals surface area contributed by atoms with Crippen molar-refractivity contribution in [2.75, 3.05) is 14.1 Å². The smallest absolute Gasteiger partial charge is 0.449 e. The number of carbonyl (C=O) groups excluding carboxylic acids is 1. The number of halogens is 3. The Morgan fingerprint density at radius 3 is 2.00 bits per heavy atom. The quantitative estimate of drug-likeness (QED) is 0.506. The molecule has 0 saturated heterocycles. The Bertz CT molecular complexity index is 150. The first-order valence-corrected chi connectivity index (χ1v) is 3.24. The number of hydrogen-bond donors (Lipinski definition) is 0. The van der Waals surface area contributed by atoms with Crippen molar-refractivity contribution >= 4 is 12.9 Å². The topological polar surface area (TPSA) is 20.3 Å². The molecule has 0 saturated carbocycles. The fourth-order valence-electron chi connectivity index (χ4n) is 0.511. The minimum absolute atomic E-state index is 0. The van der Waals surface area contributed by atoms with Crippen molar-refractivity contribution in [1.82, 2.24) is 4.90 Å². The molecule has 0 atom stereocenters. The molecule has 0 spiro atoms. The van der Waals surface area contributed by atoms with Crippen LogP contribution in [0.3, 0.4) is 0 Å². The van der Waals surface area contributed by atoms with Crippen molar-refractivity contribution in [3.05, 3.63) is 0 Å². The molecule has 0 fully saturated rings. The first kappa shape index (κ1) is 15.4. The molecule has 1 amide bonds. The van der Waals surface area contributed by atoms with Crippen LogP contribution < -0.4 is 51.4 Å². The van der Waals surface area contributed by atoms with Crippen molar-refractivity contribution < 1.29 is 69.1 Å². The summed E-state index contributed by atoms with van der Waals surface area (Å²) >= 11 is 0. The molecule has 0 radical (unpaired) electrons. The largest absolute Gasteiger partial charge is 1.00 e. The van der Waals surface area contributed by atoms with Crippen molar-refractivity contribution in [1.29, 1.82) is 0 Å². The fraction of sp³-hybridized carbons (Fsp3) is 0.800. The molecule has 12 heavy (non-hydrogen) atoms. The van der Waals surface area contributed by atoms with Crippen LogP contribution in [0.25, 0.3) is 0 Å². The van der Waals surface area contributed by atoms with Gasteiger partial charge in [0.15, 0.2) is 0 Å². The van der Waals surface area contributed by atoms with Crippen LogP contribution in [0.2, 0.25) is 6.32 Å². The van der Waals surface area contributed by atoms with E-state index in [9.17, 15) is 17.7 Å². The summed E-state index contributed by atoms with van der Waals surface area (Å²) in [6.45, 7) is -4.81.